The fourth-order valence-corrected chi connectivity index (χ4v) is 1.03. The summed E-state index contributed by atoms with van der Waals surface area (Å²) < 4.78 is 9.93. The van der Waals surface area contributed by atoms with Gasteiger partial charge < -0.3 is 9.47 Å². The minimum Gasteiger partial charge on any atom is -0.497 e. The van der Waals surface area contributed by atoms with E-state index in [0.29, 0.717) is 31.0 Å². The number of hydrogen-bond donors (Lipinski definition) is 0. The van der Waals surface area contributed by atoms with Crippen LogP contribution >= 0.6 is 0 Å². The largest absolute Gasteiger partial charge is 0.497 e. The predicted octanol–water partition coefficient (Wildman–Crippen LogP) is 1.24. The highest BCUT2D eigenvalue weighted by Crippen LogP contribution is 2.19. The molecule has 0 bridgehead atoms. The quantitative estimate of drug-likeness (QED) is 0.564. The summed E-state index contributed by atoms with van der Waals surface area (Å²) in [5.74, 6) is 0.478. The Morgan fingerprint density at radius 1 is 1.73 bits per heavy atom. The number of hydrogen-bond acceptors (Lipinski definition) is 3. The molecule has 0 saturated carbocycles. The minimum atomic E-state index is -0.234. The summed E-state index contributed by atoms with van der Waals surface area (Å²) in [6.07, 6.45) is 0.685. The van der Waals surface area contributed by atoms with Gasteiger partial charge in [0, 0.05) is 6.42 Å². The Morgan fingerprint density at radius 2 is 2.45 bits per heavy atom. The highest BCUT2D eigenvalue weighted by molar-refractivity contribution is 5.89. The van der Waals surface area contributed by atoms with Gasteiger partial charge in [-0.3, -0.25) is 0 Å². The van der Waals surface area contributed by atoms with Crippen LogP contribution in [0, 0.1) is 0 Å². The first-order valence-electron chi connectivity index (χ1n) is 3.75. The van der Waals surface area contributed by atoms with Crippen molar-refractivity contribution in [2.75, 3.05) is 13.2 Å². The Bertz CT molecular complexity index is 194. The van der Waals surface area contributed by atoms with Gasteiger partial charge in [0.05, 0.1) is 18.8 Å². The van der Waals surface area contributed by atoms with Crippen LogP contribution in [-0.2, 0) is 14.3 Å². The van der Waals surface area contributed by atoms with Crippen molar-refractivity contribution in [3.8, 4) is 0 Å². The molecule has 1 heterocycles. The molecule has 0 unspecified atom stereocenters. The molecular formula is C8H12O3. The van der Waals surface area contributed by atoms with Crippen molar-refractivity contribution in [2.24, 2.45) is 0 Å². The molecule has 0 aliphatic carbocycles. The average molecular weight is 156 g/mol. The summed E-state index contributed by atoms with van der Waals surface area (Å²) in [6, 6.07) is 0. The number of allylic oxidation sites excluding steroid dienone is 1. The Balaban J connectivity index is 2.59. The molecule has 1 rings (SSSR count). The van der Waals surface area contributed by atoms with Crippen molar-refractivity contribution in [2.45, 2.75) is 20.3 Å². The van der Waals surface area contributed by atoms with E-state index in [9.17, 15) is 4.79 Å². The summed E-state index contributed by atoms with van der Waals surface area (Å²) in [5.41, 5.74) is 0.687. The summed E-state index contributed by atoms with van der Waals surface area (Å²) in [7, 11) is 0. The van der Waals surface area contributed by atoms with Gasteiger partial charge in [-0.25, -0.2) is 4.79 Å². The predicted molar refractivity (Wildman–Crippen MR) is 39.9 cm³/mol. The Kier molecular flexibility index (Phi) is 2.52. The van der Waals surface area contributed by atoms with Gasteiger partial charge in [0.25, 0.3) is 0 Å². The van der Waals surface area contributed by atoms with E-state index in [2.05, 4.69) is 0 Å². The van der Waals surface area contributed by atoms with Gasteiger partial charge in [-0.15, -0.1) is 0 Å². The van der Waals surface area contributed by atoms with E-state index in [1.165, 1.54) is 0 Å². The number of esters is 1. The van der Waals surface area contributed by atoms with Gasteiger partial charge in [0.15, 0.2) is 0 Å². The molecule has 3 heteroatoms. The first-order valence-corrected chi connectivity index (χ1v) is 3.75. The van der Waals surface area contributed by atoms with Crippen molar-refractivity contribution in [3.63, 3.8) is 0 Å². The van der Waals surface area contributed by atoms with Crippen LogP contribution < -0.4 is 0 Å². The summed E-state index contributed by atoms with van der Waals surface area (Å²) in [4.78, 5) is 11.1. The zero-order valence-electron chi connectivity index (χ0n) is 6.85. The number of ether oxygens (including phenoxy) is 2. The van der Waals surface area contributed by atoms with Crippen LogP contribution in [0.2, 0.25) is 0 Å². The number of rotatable bonds is 2. The Morgan fingerprint density at radius 3 is 2.91 bits per heavy atom. The van der Waals surface area contributed by atoms with E-state index >= 15 is 0 Å². The first-order chi connectivity index (χ1) is 5.25. The monoisotopic (exact) mass is 156 g/mol. The normalized spacial score (nSPS) is 16.5. The maximum atomic E-state index is 11.1. The second-order valence-corrected chi connectivity index (χ2v) is 2.35. The first kappa shape index (κ1) is 8.11. The molecule has 1 aliphatic rings. The number of carbonyl (C=O) groups excluding carboxylic acids is 1. The summed E-state index contributed by atoms with van der Waals surface area (Å²) >= 11 is 0. The smallest absolute Gasteiger partial charge is 0.337 e. The summed E-state index contributed by atoms with van der Waals surface area (Å²) in [6.45, 7) is 4.62. The molecule has 11 heavy (non-hydrogen) atoms. The second kappa shape index (κ2) is 3.42. The van der Waals surface area contributed by atoms with E-state index in [4.69, 9.17) is 9.47 Å². The average Bonchev–Trinajstić information content (AvgIpc) is 2.36. The van der Waals surface area contributed by atoms with Crippen molar-refractivity contribution < 1.29 is 14.3 Å². The third-order valence-corrected chi connectivity index (χ3v) is 1.62. The molecular weight excluding hydrogens is 144 g/mol. The standard InChI is InChI=1S/C8H12O3/c1-3-10-8(9)7-4-5-11-6(7)2/h3-5H2,1-2H3. The topological polar surface area (TPSA) is 35.5 Å². The lowest BCUT2D eigenvalue weighted by Gasteiger charge is -2.00. The maximum Gasteiger partial charge on any atom is 0.337 e. The van der Waals surface area contributed by atoms with Crippen molar-refractivity contribution >= 4 is 5.97 Å². The fourth-order valence-electron chi connectivity index (χ4n) is 1.03. The molecule has 0 atom stereocenters. The molecule has 0 fully saturated rings. The third-order valence-electron chi connectivity index (χ3n) is 1.62. The van der Waals surface area contributed by atoms with Crippen LogP contribution in [0.4, 0.5) is 0 Å². The van der Waals surface area contributed by atoms with Gasteiger partial charge in [-0.2, -0.15) is 0 Å². The molecule has 0 radical (unpaired) electrons. The zero-order chi connectivity index (χ0) is 8.27. The molecule has 0 aromatic carbocycles. The van der Waals surface area contributed by atoms with Gasteiger partial charge in [-0.05, 0) is 13.8 Å². The molecule has 1 aliphatic heterocycles. The lowest BCUT2D eigenvalue weighted by atomic mass is 10.2. The third kappa shape index (κ3) is 1.73. The van der Waals surface area contributed by atoms with E-state index < -0.39 is 0 Å². The molecule has 0 N–H and O–H groups in total. The molecule has 0 spiro atoms. The van der Waals surface area contributed by atoms with Crippen LogP contribution in [-0.4, -0.2) is 19.2 Å². The van der Waals surface area contributed by atoms with E-state index in [1.807, 2.05) is 0 Å². The number of carbonyl (C=O) groups is 1. The molecule has 3 nitrogen and oxygen atoms in total. The van der Waals surface area contributed by atoms with Crippen molar-refractivity contribution in [3.05, 3.63) is 11.3 Å². The van der Waals surface area contributed by atoms with Crippen LogP contribution in [0.15, 0.2) is 11.3 Å². The van der Waals surface area contributed by atoms with Gasteiger partial charge in [0.1, 0.15) is 5.76 Å². The molecule has 0 amide bonds. The van der Waals surface area contributed by atoms with Gasteiger partial charge in [-0.1, -0.05) is 0 Å². The molecule has 0 saturated heterocycles. The van der Waals surface area contributed by atoms with Crippen LogP contribution in [0.5, 0.6) is 0 Å². The minimum absolute atomic E-state index is 0.234. The van der Waals surface area contributed by atoms with Crippen LogP contribution in [0.1, 0.15) is 20.3 Å². The van der Waals surface area contributed by atoms with Crippen LogP contribution in [0.3, 0.4) is 0 Å². The lowest BCUT2D eigenvalue weighted by Crippen LogP contribution is -2.07. The second-order valence-electron chi connectivity index (χ2n) is 2.35. The lowest BCUT2D eigenvalue weighted by molar-refractivity contribution is -0.138. The van der Waals surface area contributed by atoms with E-state index in [0.717, 1.165) is 0 Å². The van der Waals surface area contributed by atoms with Gasteiger partial charge >= 0.3 is 5.97 Å². The van der Waals surface area contributed by atoms with Crippen LogP contribution in [0.25, 0.3) is 0 Å². The van der Waals surface area contributed by atoms with Crippen molar-refractivity contribution in [1.82, 2.24) is 0 Å². The molecule has 0 aromatic heterocycles. The van der Waals surface area contributed by atoms with E-state index in [-0.39, 0.29) is 5.97 Å². The molecule has 62 valence electrons. The zero-order valence-corrected chi connectivity index (χ0v) is 6.85. The fraction of sp³-hybridized carbons (Fsp3) is 0.625. The Labute approximate surface area is 66.0 Å². The summed E-state index contributed by atoms with van der Waals surface area (Å²) in [5, 5.41) is 0. The molecule has 0 aromatic rings. The Hall–Kier alpha value is -0.990. The highest BCUT2D eigenvalue weighted by Gasteiger charge is 2.19. The SMILES string of the molecule is CCOC(=O)C1=C(C)OCC1. The highest BCUT2D eigenvalue weighted by atomic mass is 16.5. The van der Waals surface area contributed by atoms with Gasteiger partial charge in [0.2, 0.25) is 0 Å². The van der Waals surface area contributed by atoms with E-state index in [1.54, 1.807) is 13.8 Å². The van der Waals surface area contributed by atoms with Crippen molar-refractivity contribution in [1.29, 1.82) is 0 Å². The maximum absolute atomic E-state index is 11.1.